The van der Waals surface area contributed by atoms with E-state index < -0.39 is 0 Å². The van der Waals surface area contributed by atoms with Crippen molar-refractivity contribution in [2.75, 3.05) is 57.7 Å². The van der Waals surface area contributed by atoms with Crippen LogP contribution >= 0.6 is 0 Å². The van der Waals surface area contributed by atoms with Crippen LogP contribution in [0.15, 0.2) is 59.7 Å². The van der Waals surface area contributed by atoms with Gasteiger partial charge in [-0.15, -0.1) is 0 Å². The van der Waals surface area contributed by atoms with Crippen LogP contribution in [0.3, 0.4) is 0 Å². The van der Waals surface area contributed by atoms with Crippen LogP contribution in [0.5, 0.6) is 0 Å². The number of hydrogen-bond acceptors (Lipinski definition) is 7. The molecule has 6 rings (SSSR count). The molecule has 2 aromatic heterocycles. The maximum absolute atomic E-state index is 10.9. The Hall–Kier alpha value is -3.82. The maximum Gasteiger partial charge on any atom is 0.270 e. The second-order valence-electron chi connectivity index (χ2n) is 11.2. The fourth-order valence-corrected chi connectivity index (χ4v) is 6.04. The number of nitrogens with zero attached hydrogens (tertiary/aromatic N) is 6. The molecule has 0 atom stereocenters. The summed E-state index contributed by atoms with van der Waals surface area (Å²) in [5.41, 5.74) is 6.62. The van der Waals surface area contributed by atoms with Gasteiger partial charge in [0, 0.05) is 69.7 Å². The topological polar surface area (TPSA) is 91.3 Å². The van der Waals surface area contributed by atoms with Crippen molar-refractivity contribution in [2.24, 2.45) is 4.99 Å². The summed E-state index contributed by atoms with van der Waals surface area (Å²) in [6.45, 7) is 10.2. The zero-order chi connectivity index (χ0) is 29.6. The number of rotatable bonds is 12. The highest BCUT2D eigenvalue weighted by atomic mass is 16.6. The quantitative estimate of drug-likeness (QED) is 0.105. The molecule has 1 N–H and O–H groups in total. The van der Waals surface area contributed by atoms with Crippen LogP contribution in [0.2, 0.25) is 0 Å². The number of anilines is 1. The SMILES string of the molecule is Cc1cn2c(c(NCCCN3CCN(CCCN=Cc4cccc([N+](=O)[O-])c4)CC3)nc3ccccc32)c1[C]1[CH][CH][CH][CH]1. The molecule has 1 aliphatic carbocycles. The van der Waals surface area contributed by atoms with Crippen LogP contribution in [0.25, 0.3) is 16.6 Å². The normalized spacial score (nSPS) is 17.0. The number of nitro groups is 1. The molecule has 2 aromatic carbocycles. The Morgan fingerprint density at radius 3 is 2.51 bits per heavy atom. The lowest BCUT2D eigenvalue weighted by atomic mass is 9.95. The van der Waals surface area contributed by atoms with Gasteiger partial charge in [0.15, 0.2) is 5.82 Å². The standard InChI is InChI=1S/C34H38N7O2/c1-26-25-40-31-14-5-4-13-30(31)37-34(33(40)32(26)28-10-2-3-11-28)36-16-8-18-39-21-19-38(20-22-39)17-7-15-35-24-27-9-6-12-29(23-27)41(42)43/h2-6,9-14,23-25H,7-8,15-22H2,1H3,(H,36,37). The highest BCUT2D eigenvalue weighted by molar-refractivity contribution is 5.89. The molecule has 9 nitrogen and oxygen atoms in total. The lowest BCUT2D eigenvalue weighted by molar-refractivity contribution is -0.384. The molecule has 5 radical (unpaired) electrons. The predicted octanol–water partition coefficient (Wildman–Crippen LogP) is 5.39. The van der Waals surface area contributed by atoms with Crippen molar-refractivity contribution in [1.82, 2.24) is 19.2 Å². The summed E-state index contributed by atoms with van der Waals surface area (Å²) in [6.07, 6.45) is 14.5. The molecule has 1 aliphatic heterocycles. The van der Waals surface area contributed by atoms with Crippen LogP contribution in [0, 0.1) is 48.6 Å². The van der Waals surface area contributed by atoms with Crippen LogP contribution in [-0.2, 0) is 0 Å². The highest BCUT2D eigenvalue weighted by Crippen LogP contribution is 2.39. The second kappa shape index (κ2) is 13.7. The molecule has 43 heavy (non-hydrogen) atoms. The Bertz CT molecular complexity index is 1580. The number of para-hydroxylation sites is 2. The highest BCUT2D eigenvalue weighted by Gasteiger charge is 2.26. The minimum atomic E-state index is -0.376. The predicted molar refractivity (Wildman–Crippen MR) is 173 cm³/mol. The molecule has 2 aliphatic rings. The number of aliphatic imine (C=N–C) groups is 1. The summed E-state index contributed by atoms with van der Waals surface area (Å²) in [5.74, 6) is 2.17. The van der Waals surface area contributed by atoms with E-state index in [2.05, 4.69) is 81.5 Å². The van der Waals surface area contributed by atoms with E-state index in [1.54, 1.807) is 18.3 Å². The van der Waals surface area contributed by atoms with E-state index in [-0.39, 0.29) is 10.6 Å². The average molecular weight is 577 g/mol. The minimum Gasteiger partial charge on any atom is -0.368 e. The van der Waals surface area contributed by atoms with E-state index >= 15 is 0 Å². The van der Waals surface area contributed by atoms with Gasteiger partial charge in [0.2, 0.25) is 0 Å². The molecule has 1 saturated heterocycles. The largest absolute Gasteiger partial charge is 0.368 e. The smallest absolute Gasteiger partial charge is 0.270 e. The van der Waals surface area contributed by atoms with Crippen molar-refractivity contribution in [3.05, 3.63) is 113 Å². The Kier molecular flexibility index (Phi) is 9.29. The zero-order valence-electron chi connectivity index (χ0n) is 24.7. The molecule has 0 bridgehead atoms. The number of nitrogens with one attached hydrogen (secondary N) is 1. The Labute approximate surface area is 253 Å². The Morgan fingerprint density at radius 1 is 1.00 bits per heavy atom. The number of aryl methyl sites for hydroxylation is 1. The van der Waals surface area contributed by atoms with Gasteiger partial charge in [-0.1, -0.05) is 24.3 Å². The van der Waals surface area contributed by atoms with Gasteiger partial charge in [-0.25, -0.2) is 4.98 Å². The number of piperazine rings is 1. The van der Waals surface area contributed by atoms with Gasteiger partial charge in [0.05, 0.1) is 21.5 Å². The molecule has 0 unspecified atom stereocenters. The molecule has 0 spiro atoms. The van der Waals surface area contributed by atoms with E-state index in [4.69, 9.17) is 4.98 Å². The molecule has 2 fully saturated rings. The molecule has 0 amide bonds. The number of benzene rings is 2. The van der Waals surface area contributed by atoms with Crippen molar-refractivity contribution in [2.45, 2.75) is 19.8 Å². The van der Waals surface area contributed by atoms with E-state index in [0.29, 0.717) is 0 Å². The van der Waals surface area contributed by atoms with Gasteiger partial charge in [-0.2, -0.15) is 0 Å². The summed E-state index contributed by atoms with van der Waals surface area (Å²) in [4.78, 5) is 25.2. The number of aromatic nitrogens is 2. The lowest BCUT2D eigenvalue weighted by Gasteiger charge is -2.34. The summed E-state index contributed by atoms with van der Waals surface area (Å²) in [6, 6.07) is 14.9. The number of fused-ring (bicyclic) bond motifs is 3. The first kappa shape index (κ1) is 29.3. The lowest BCUT2D eigenvalue weighted by Crippen LogP contribution is -2.47. The van der Waals surface area contributed by atoms with Crippen LogP contribution in [0.4, 0.5) is 11.5 Å². The summed E-state index contributed by atoms with van der Waals surface area (Å²) >= 11 is 0. The third-order valence-electron chi connectivity index (χ3n) is 8.24. The van der Waals surface area contributed by atoms with Gasteiger partial charge in [0.25, 0.3) is 5.69 Å². The third-order valence-corrected chi connectivity index (χ3v) is 8.24. The second-order valence-corrected chi connectivity index (χ2v) is 11.2. The molecule has 3 heterocycles. The van der Waals surface area contributed by atoms with E-state index in [0.717, 1.165) is 93.1 Å². The first-order valence-corrected chi connectivity index (χ1v) is 15.1. The zero-order valence-corrected chi connectivity index (χ0v) is 24.7. The van der Waals surface area contributed by atoms with Crippen LogP contribution < -0.4 is 5.32 Å². The van der Waals surface area contributed by atoms with Crippen molar-refractivity contribution in [3.63, 3.8) is 0 Å². The van der Waals surface area contributed by atoms with E-state index in [1.165, 1.54) is 23.1 Å². The fraction of sp³-hybridized carbons (Fsp3) is 0.324. The van der Waals surface area contributed by atoms with E-state index in [1.807, 2.05) is 12.1 Å². The molecule has 4 aromatic rings. The molecule has 221 valence electrons. The molecular weight excluding hydrogens is 538 g/mol. The van der Waals surface area contributed by atoms with Crippen LogP contribution in [-0.4, -0.2) is 82.7 Å². The third kappa shape index (κ3) is 6.89. The van der Waals surface area contributed by atoms with Crippen molar-refractivity contribution >= 4 is 34.3 Å². The van der Waals surface area contributed by atoms with Gasteiger partial charge < -0.3 is 19.5 Å². The van der Waals surface area contributed by atoms with Crippen molar-refractivity contribution in [1.29, 1.82) is 0 Å². The Balaban J connectivity index is 0.965. The summed E-state index contributed by atoms with van der Waals surface area (Å²) < 4.78 is 2.29. The minimum absolute atomic E-state index is 0.0965. The Morgan fingerprint density at radius 2 is 1.74 bits per heavy atom. The van der Waals surface area contributed by atoms with Gasteiger partial charge >= 0.3 is 0 Å². The number of non-ortho nitro benzene ring substituents is 1. The number of nitro benzene ring substituents is 1. The van der Waals surface area contributed by atoms with Crippen molar-refractivity contribution in [3.8, 4) is 0 Å². The average Bonchev–Trinajstić information content (AvgIpc) is 3.67. The van der Waals surface area contributed by atoms with Gasteiger partial charge in [-0.05, 0) is 87.4 Å². The van der Waals surface area contributed by atoms with Gasteiger partial charge in [0.1, 0.15) is 0 Å². The van der Waals surface area contributed by atoms with E-state index in [9.17, 15) is 10.1 Å². The van der Waals surface area contributed by atoms with Crippen LogP contribution in [0.1, 0.15) is 29.5 Å². The molecule has 1 saturated carbocycles. The fourth-order valence-electron chi connectivity index (χ4n) is 6.04. The maximum atomic E-state index is 10.9. The monoisotopic (exact) mass is 576 g/mol. The summed E-state index contributed by atoms with van der Waals surface area (Å²) in [5, 5.41) is 14.6. The van der Waals surface area contributed by atoms with Crippen molar-refractivity contribution < 1.29 is 4.92 Å². The molecule has 9 heteroatoms. The first-order chi connectivity index (χ1) is 21.1. The first-order valence-electron chi connectivity index (χ1n) is 15.1. The summed E-state index contributed by atoms with van der Waals surface area (Å²) in [7, 11) is 0. The number of hydrogen-bond donors (Lipinski definition) is 1. The molecular formula is C34H38N7O2. The van der Waals surface area contributed by atoms with Gasteiger partial charge in [-0.3, -0.25) is 15.1 Å².